The number of thioether (sulfide) groups is 1. The molecule has 5 nitrogen and oxygen atoms in total. The highest BCUT2D eigenvalue weighted by molar-refractivity contribution is 7.99. The number of nitrogens with two attached hydrogens (primary N) is 1. The second kappa shape index (κ2) is 6.77. The maximum Gasteiger partial charge on any atom is 0.265 e. The van der Waals surface area contributed by atoms with E-state index in [4.69, 9.17) is 5.84 Å². The topological polar surface area (TPSA) is 89.3 Å². The number of carbonyl (C=O) groups is 1. The van der Waals surface area contributed by atoms with E-state index < -0.39 is 9.84 Å². The first kappa shape index (κ1) is 15.0. The summed E-state index contributed by atoms with van der Waals surface area (Å²) in [4.78, 5) is 11.2. The van der Waals surface area contributed by atoms with Crippen LogP contribution in [0.4, 0.5) is 0 Å². The van der Waals surface area contributed by atoms with E-state index in [1.807, 2.05) is 12.1 Å². The van der Waals surface area contributed by atoms with Crippen molar-refractivity contribution in [3.8, 4) is 0 Å². The lowest BCUT2D eigenvalue weighted by molar-refractivity contribution is 0.0953. The van der Waals surface area contributed by atoms with Gasteiger partial charge in [0.1, 0.15) is 9.84 Å². The van der Waals surface area contributed by atoms with Crippen LogP contribution in [0.15, 0.2) is 24.3 Å². The van der Waals surface area contributed by atoms with Crippen molar-refractivity contribution in [1.29, 1.82) is 0 Å². The molecule has 18 heavy (non-hydrogen) atoms. The van der Waals surface area contributed by atoms with Crippen LogP contribution in [0.2, 0.25) is 0 Å². The molecule has 1 aromatic rings. The average molecular weight is 288 g/mol. The lowest BCUT2D eigenvalue weighted by Gasteiger charge is -2.03. The number of hydrogen-bond donors (Lipinski definition) is 2. The van der Waals surface area contributed by atoms with Crippen LogP contribution in [0.1, 0.15) is 15.9 Å². The molecule has 100 valence electrons. The summed E-state index contributed by atoms with van der Waals surface area (Å²) in [6, 6.07) is 7.04. The van der Waals surface area contributed by atoms with Gasteiger partial charge in [-0.3, -0.25) is 10.2 Å². The maximum atomic E-state index is 11.2. The minimum absolute atomic E-state index is 0.186. The molecule has 0 unspecified atom stereocenters. The van der Waals surface area contributed by atoms with Gasteiger partial charge in [0.25, 0.3) is 5.91 Å². The summed E-state index contributed by atoms with van der Waals surface area (Å²) in [5.41, 5.74) is 3.60. The third kappa shape index (κ3) is 5.52. The van der Waals surface area contributed by atoms with Gasteiger partial charge in [-0.25, -0.2) is 14.3 Å². The molecule has 0 atom stereocenters. The Kier molecular flexibility index (Phi) is 5.64. The third-order valence-electron chi connectivity index (χ3n) is 2.21. The zero-order valence-corrected chi connectivity index (χ0v) is 11.7. The number of rotatable bonds is 6. The van der Waals surface area contributed by atoms with Gasteiger partial charge in [0.2, 0.25) is 0 Å². The molecular formula is C11H16N2O3S2. The Labute approximate surface area is 111 Å². The lowest BCUT2D eigenvalue weighted by Crippen LogP contribution is -2.29. The summed E-state index contributed by atoms with van der Waals surface area (Å²) in [5.74, 6) is 6.17. The van der Waals surface area contributed by atoms with E-state index in [9.17, 15) is 13.2 Å². The molecule has 0 fully saturated rings. The van der Waals surface area contributed by atoms with Gasteiger partial charge in [0, 0.05) is 23.3 Å². The summed E-state index contributed by atoms with van der Waals surface area (Å²) in [6.45, 7) is 0. The Balaban J connectivity index is 2.42. The molecule has 1 rings (SSSR count). The molecule has 7 heteroatoms. The molecule has 0 heterocycles. The molecule has 3 N–H and O–H groups in total. The number of nitrogens with one attached hydrogen (secondary N) is 1. The van der Waals surface area contributed by atoms with Crippen molar-refractivity contribution in [3.63, 3.8) is 0 Å². The zero-order chi connectivity index (χ0) is 13.6. The molecule has 1 aromatic carbocycles. The van der Waals surface area contributed by atoms with E-state index in [1.54, 1.807) is 23.9 Å². The summed E-state index contributed by atoms with van der Waals surface area (Å²) < 4.78 is 21.9. The van der Waals surface area contributed by atoms with Gasteiger partial charge in [-0.2, -0.15) is 11.8 Å². The average Bonchev–Trinajstić information content (AvgIpc) is 2.33. The quantitative estimate of drug-likeness (QED) is 0.346. The van der Waals surface area contributed by atoms with E-state index in [2.05, 4.69) is 5.43 Å². The van der Waals surface area contributed by atoms with Gasteiger partial charge in [-0.05, 0) is 17.7 Å². The predicted octanol–water partition coefficient (Wildman–Crippen LogP) is 0.568. The van der Waals surface area contributed by atoms with Gasteiger partial charge in [-0.15, -0.1) is 0 Å². The minimum atomic E-state index is -2.89. The molecule has 0 spiro atoms. The van der Waals surface area contributed by atoms with E-state index in [0.29, 0.717) is 11.3 Å². The highest BCUT2D eigenvalue weighted by atomic mass is 32.2. The summed E-state index contributed by atoms with van der Waals surface area (Å²) >= 11 is 1.55. The van der Waals surface area contributed by atoms with Gasteiger partial charge < -0.3 is 0 Å². The number of sulfone groups is 1. The van der Waals surface area contributed by atoms with Gasteiger partial charge in [-0.1, -0.05) is 12.1 Å². The standard InChI is InChI=1S/C11H16N2O3S2/c1-18(15,16)7-6-17-8-9-2-4-10(5-3-9)11(14)13-12/h2-5H,6-8,12H2,1H3,(H,13,14). The summed E-state index contributed by atoms with van der Waals surface area (Å²) in [7, 11) is -2.89. The molecular weight excluding hydrogens is 272 g/mol. The van der Waals surface area contributed by atoms with Crippen molar-refractivity contribution in [3.05, 3.63) is 35.4 Å². The highest BCUT2D eigenvalue weighted by Gasteiger charge is 2.04. The lowest BCUT2D eigenvalue weighted by atomic mass is 10.1. The second-order valence-corrected chi connectivity index (χ2v) is 7.22. The zero-order valence-electron chi connectivity index (χ0n) is 10.0. The van der Waals surface area contributed by atoms with E-state index in [0.717, 1.165) is 11.3 Å². The van der Waals surface area contributed by atoms with Crippen LogP contribution in [-0.2, 0) is 15.6 Å². The molecule has 0 radical (unpaired) electrons. The van der Waals surface area contributed by atoms with Gasteiger partial charge >= 0.3 is 0 Å². The van der Waals surface area contributed by atoms with Crippen LogP contribution in [-0.4, -0.2) is 32.1 Å². The first-order chi connectivity index (χ1) is 8.42. The number of carbonyl (C=O) groups excluding carboxylic acids is 1. The SMILES string of the molecule is CS(=O)(=O)CCSCc1ccc(C(=O)NN)cc1. The minimum Gasteiger partial charge on any atom is -0.290 e. The van der Waals surface area contributed by atoms with Crippen LogP contribution in [0, 0.1) is 0 Å². The number of amides is 1. The fourth-order valence-electron chi connectivity index (χ4n) is 1.24. The Morgan fingerprint density at radius 1 is 1.33 bits per heavy atom. The molecule has 0 aromatic heterocycles. The second-order valence-electron chi connectivity index (χ2n) is 3.85. The van der Waals surface area contributed by atoms with Crippen molar-refractivity contribution in [2.75, 3.05) is 17.8 Å². The smallest absolute Gasteiger partial charge is 0.265 e. The fraction of sp³-hybridized carbons (Fsp3) is 0.364. The Bertz CT molecular complexity index is 498. The Morgan fingerprint density at radius 2 is 1.94 bits per heavy atom. The fourth-order valence-corrected chi connectivity index (χ4v) is 3.49. The first-order valence-electron chi connectivity index (χ1n) is 5.28. The van der Waals surface area contributed by atoms with Crippen molar-refractivity contribution < 1.29 is 13.2 Å². The molecule has 0 bridgehead atoms. The number of hydrogen-bond acceptors (Lipinski definition) is 5. The van der Waals surface area contributed by atoms with Crippen LogP contribution in [0.25, 0.3) is 0 Å². The van der Waals surface area contributed by atoms with Gasteiger partial charge in [0.15, 0.2) is 0 Å². The largest absolute Gasteiger partial charge is 0.290 e. The number of hydrazine groups is 1. The molecule has 0 aliphatic heterocycles. The summed E-state index contributed by atoms with van der Waals surface area (Å²) in [6.07, 6.45) is 1.23. The van der Waals surface area contributed by atoms with Crippen molar-refractivity contribution >= 4 is 27.5 Å². The Morgan fingerprint density at radius 3 is 2.44 bits per heavy atom. The van der Waals surface area contributed by atoms with Gasteiger partial charge in [0.05, 0.1) is 5.75 Å². The number of benzene rings is 1. The monoisotopic (exact) mass is 288 g/mol. The highest BCUT2D eigenvalue weighted by Crippen LogP contribution is 2.13. The van der Waals surface area contributed by atoms with E-state index >= 15 is 0 Å². The number of nitrogen functional groups attached to an aromatic ring is 1. The van der Waals surface area contributed by atoms with Crippen LogP contribution >= 0.6 is 11.8 Å². The third-order valence-corrected chi connectivity index (χ3v) is 4.45. The van der Waals surface area contributed by atoms with Crippen LogP contribution < -0.4 is 11.3 Å². The van der Waals surface area contributed by atoms with Crippen molar-refractivity contribution in [2.45, 2.75) is 5.75 Å². The first-order valence-corrected chi connectivity index (χ1v) is 8.49. The molecule has 0 aliphatic carbocycles. The predicted molar refractivity (Wildman–Crippen MR) is 74.0 cm³/mol. The Hall–Kier alpha value is -1.05. The molecule has 0 saturated heterocycles. The molecule has 0 aliphatic rings. The van der Waals surface area contributed by atoms with Crippen molar-refractivity contribution in [1.82, 2.24) is 5.43 Å². The van der Waals surface area contributed by atoms with E-state index in [-0.39, 0.29) is 11.7 Å². The normalized spacial score (nSPS) is 11.2. The molecule has 1 amide bonds. The van der Waals surface area contributed by atoms with Crippen LogP contribution in [0.3, 0.4) is 0 Å². The summed E-state index contributed by atoms with van der Waals surface area (Å²) in [5, 5.41) is 0. The maximum absolute atomic E-state index is 11.2. The molecule has 0 saturated carbocycles. The van der Waals surface area contributed by atoms with Crippen LogP contribution in [0.5, 0.6) is 0 Å². The van der Waals surface area contributed by atoms with Crippen molar-refractivity contribution in [2.24, 2.45) is 5.84 Å². The van der Waals surface area contributed by atoms with E-state index in [1.165, 1.54) is 6.26 Å².